The van der Waals surface area contributed by atoms with Crippen LogP contribution >= 0.6 is 27.3 Å². The molecule has 0 aromatic carbocycles. The van der Waals surface area contributed by atoms with Crippen molar-refractivity contribution in [1.29, 1.82) is 0 Å². The maximum atomic E-state index is 9.89. The van der Waals surface area contributed by atoms with Crippen molar-refractivity contribution in [1.82, 2.24) is 4.57 Å². The Kier molecular flexibility index (Phi) is 4.42. The standard InChI is InChI=1S/C13H16BrNOS/c1-2-3-13(16)10-4-5-15(7-10)8-12-6-11(14)9-17-12/h4-7,9,13,16H,2-3,8H2,1H3. The van der Waals surface area contributed by atoms with Crippen molar-refractivity contribution < 1.29 is 5.11 Å². The zero-order chi connectivity index (χ0) is 12.3. The average molecular weight is 314 g/mol. The second kappa shape index (κ2) is 5.85. The first-order chi connectivity index (χ1) is 8.19. The van der Waals surface area contributed by atoms with Gasteiger partial charge in [0.05, 0.1) is 12.6 Å². The monoisotopic (exact) mass is 313 g/mol. The van der Waals surface area contributed by atoms with Crippen LogP contribution in [0.2, 0.25) is 0 Å². The van der Waals surface area contributed by atoms with Crippen LogP contribution < -0.4 is 0 Å². The molecule has 1 atom stereocenters. The number of hydrogen-bond donors (Lipinski definition) is 1. The Morgan fingerprint density at radius 3 is 3.00 bits per heavy atom. The number of aliphatic hydroxyl groups excluding tert-OH is 1. The van der Waals surface area contributed by atoms with Crippen LogP contribution in [0.4, 0.5) is 0 Å². The molecule has 2 rings (SSSR count). The van der Waals surface area contributed by atoms with E-state index >= 15 is 0 Å². The van der Waals surface area contributed by atoms with E-state index < -0.39 is 0 Å². The number of aliphatic hydroxyl groups is 1. The van der Waals surface area contributed by atoms with Gasteiger partial charge in [-0.3, -0.25) is 0 Å². The summed E-state index contributed by atoms with van der Waals surface area (Å²) in [5, 5.41) is 12.0. The first kappa shape index (κ1) is 12.9. The number of nitrogens with zero attached hydrogens (tertiary/aromatic N) is 1. The lowest BCUT2D eigenvalue weighted by molar-refractivity contribution is 0.166. The molecule has 0 aliphatic heterocycles. The summed E-state index contributed by atoms with van der Waals surface area (Å²) in [5.41, 5.74) is 1.02. The Labute approximate surface area is 114 Å². The summed E-state index contributed by atoms with van der Waals surface area (Å²) in [5.74, 6) is 0. The molecule has 0 fully saturated rings. The number of halogens is 1. The van der Waals surface area contributed by atoms with Gasteiger partial charge in [-0.2, -0.15) is 0 Å². The van der Waals surface area contributed by atoms with Gasteiger partial charge in [-0.05, 0) is 40.0 Å². The van der Waals surface area contributed by atoms with Crippen LogP contribution in [0.3, 0.4) is 0 Å². The number of aromatic nitrogens is 1. The van der Waals surface area contributed by atoms with Gasteiger partial charge in [0.25, 0.3) is 0 Å². The molecule has 0 aliphatic rings. The molecule has 0 spiro atoms. The molecular weight excluding hydrogens is 298 g/mol. The number of thiophene rings is 1. The zero-order valence-electron chi connectivity index (χ0n) is 9.77. The Morgan fingerprint density at radius 1 is 1.53 bits per heavy atom. The molecule has 92 valence electrons. The maximum Gasteiger partial charge on any atom is 0.0804 e. The van der Waals surface area contributed by atoms with Crippen LogP contribution in [0.15, 0.2) is 34.4 Å². The van der Waals surface area contributed by atoms with Crippen LogP contribution in [0, 0.1) is 0 Å². The largest absolute Gasteiger partial charge is 0.388 e. The topological polar surface area (TPSA) is 25.2 Å². The zero-order valence-corrected chi connectivity index (χ0v) is 12.2. The summed E-state index contributed by atoms with van der Waals surface area (Å²) >= 11 is 5.20. The molecule has 0 saturated heterocycles. The highest BCUT2D eigenvalue weighted by Gasteiger charge is 2.08. The van der Waals surface area contributed by atoms with Gasteiger partial charge in [-0.1, -0.05) is 13.3 Å². The predicted molar refractivity (Wildman–Crippen MR) is 75.4 cm³/mol. The molecule has 0 aliphatic carbocycles. The van der Waals surface area contributed by atoms with Gasteiger partial charge < -0.3 is 9.67 Å². The van der Waals surface area contributed by atoms with Crippen molar-refractivity contribution in [2.75, 3.05) is 0 Å². The van der Waals surface area contributed by atoms with E-state index in [-0.39, 0.29) is 6.10 Å². The molecule has 0 amide bonds. The van der Waals surface area contributed by atoms with Crippen molar-refractivity contribution in [2.45, 2.75) is 32.4 Å². The van der Waals surface area contributed by atoms with E-state index in [1.54, 1.807) is 11.3 Å². The minimum absolute atomic E-state index is 0.323. The molecule has 4 heteroatoms. The van der Waals surface area contributed by atoms with E-state index in [0.717, 1.165) is 29.4 Å². The highest BCUT2D eigenvalue weighted by Crippen LogP contribution is 2.22. The van der Waals surface area contributed by atoms with Crippen molar-refractivity contribution >= 4 is 27.3 Å². The maximum absolute atomic E-state index is 9.89. The first-order valence-electron chi connectivity index (χ1n) is 5.75. The van der Waals surface area contributed by atoms with Crippen molar-refractivity contribution in [2.24, 2.45) is 0 Å². The fraction of sp³-hybridized carbons (Fsp3) is 0.385. The summed E-state index contributed by atoms with van der Waals surface area (Å²) in [4.78, 5) is 1.31. The second-order valence-corrected chi connectivity index (χ2v) is 6.06. The van der Waals surface area contributed by atoms with E-state index in [9.17, 15) is 5.11 Å². The summed E-state index contributed by atoms with van der Waals surface area (Å²) in [6, 6.07) is 4.13. The average Bonchev–Trinajstić information content (AvgIpc) is 2.89. The lowest BCUT2D eigenvalue weighted by atomic mass is 10.1. The molecule has 0 saturated carbocycles. The van der Waals surface area contributed by atoms with Gasteiger partial charge in [0.1, 0.15) is 0 Å². The van der Waals surface area contributed by atoms with Crippen molar-refractivity contribution in [3.8, 4) is 0 Å². The van der Waals surface area contributed by atoms with Gasteiger partial charge >= 0.3 is 0 Å². The summed E-state index contributed by atoms with van der Waals surface area (Å²) in [7, 11) is 0. The van der Waals surface area contributed by atoms with Gasteiger partial charge in [-0.15, -0.1) is 11.3 Å². The lowest BCUT2D eigenvalue weighted by Crippen LogP contribution is -1.96. The number of hydrogen-bond acceptors (Lipinski definition) is 2. The normalized spacial score (nSPS) is 12.9. The molecule has 1 N–H and O–H groups in total. The molecule has 2 nitrogen and oxygen atoms in total. The molecule has 2 aromatic rings. The molecule has 1 unspecified atom stereocenters. The van der Waals surface area contributed by atoms with Crippen LogP contribution in [-0.4, -0.2) is 9.67 Å². The Balaban J connectivity index is 2.03. The van der Waals surface area contributed by atoms with E-state index in [2.05, 4.69) is 38.9 Å². The quantitative estimate of drug-likeness (QED) is 0.879. The summed E-state index contributed by atoms with van der Waals surface area (Å²) < 4.78 is 3.25. The van der Waals surface area contributed by atoms with E-state index in [4.69, 9.17) is 0 Å². The third kappa shape index (κ3) is 3.44. The van der Waals surface area contributed by atoms with Crippen LogP contribution in [0.25, 0.3) is 0 Å². The van der Waals surface area contributed by atoms with Gasteiger partial charge in [0.15, 0.2) is 0 Å². The van der Waals surface area contributed by atoms with Crippen LogP contribution in [0.1, 0.15) is 36.3 Å². The lowest BCUT2D eigenvalue weighted by Gasteiger charge is -2.06. The summed E-state index contributed by atoms with van der Waals surface area (Å²) in [6.07, 6.45) is 5.57. The Hall–Kier alpha value is -0.580. The van der Waals surface area contributed by atoms with E-state index in [1.807, 2.05) is 18.5 Å². The molecule has 0 bridgehead atoms. The highest BCUT2D eigenvalue weighted by molar-refractivity contribution is 9.10. The minimum atomic E-state index is -0.323. The smallest absolute Gasteiger partial charge is 0.0804 e. The third-order valence-electron chi connectivity index (χ3n) is 2.68. The molecule has 0 radical (unpaired) electrons. The highest BCUT2D eigenvalue weighted by atomic mass is 79.9. The fourth-order valence-corrected chi connectivity index (χ4v) is 3.27. The second-order valence-electron chi connectivity index (χ2n) is 4.15. The van der Waals surface area contributed by atoms with Crippen LogP contribution in [-0.2, 0) is 6.54 Å². The SMILES string of the molecule is CCCC(O)c1ccn(Cc2cc(Br)cs2)c1. The van der Waals surface area contributed by atoms with Crippen LogP contribution in [0.5, 0.6) is 0 Å². The molecule has 17 heavy (non-hydrogen) atoms. The summed E-state index contributed by atoms with van der Waals surface area (Å²) in [6.45, 7) is 2.96. The number of rotatable bonds is 5. The first-order valence-corrected chi connectivity index (χ1v) is 7.43. The van der Waals surface area contributed by atoms with E-state index in [1.165, 1.54) is 4.88 Å². The molecular formula is C13H16BrNOS. The van der Waals surface area contributed by atoms with Gasteiger partial charge in [-0.25, -0.2) is 0 Å². The third-order valence-corrected chi connectivity index (χ3v) is 4.36. The Bertz CT molecular complexity index is 477. The Morgan fingerprint density at radius 2 is 2.35 bits per heavy atom. The van der Waals surface area contributed by atoms with Gasteiger partial charge in [0, 0.05) is 27.1 Å². The van der Waals surface area contributed by atoms with E-state index in [0.29, 0.717) is 0 Å². The minimum Gasteiger partial charge on any atom is -0.388 e. The molecule has 2 heterocycles. The van der Waals surface area contributed by atoms with Crippen molar-refractivity contribution in [3.05, 3.63) is 44.8 Å². The van der Waals surface area contributed by atoms with Crippen molar-refractivity contribution in [3.63, 3.8) is 0 Å². The molecule has 2 aromatic heterocycles. The fourth-order valence-electron chi connectivity index (χ4n) is 1.81. The van der Waals surface area contributed by atoms with Gasteiger partial charge in [0.2, 0.25) is 0 Å². The predicted octanol–water partition coefficient (Wildman–Crippen LogP) is 4.19.